The zero-order valence-corrected chi connectivity index (χ0v) is 9.05. The number of benzene rings is 1. The van der Waals surface area contributed by atoms with E-state index >= 15 is 0 Å². The summed E-state index contributed by atoms with van der Waals surface area (Å²) in [6, 6.07) is 9.63. The first-order valence-electron chi connectivity index (χ1n) is 4.83. The van der Waals surface area contributed by atoms with Crippen LogP contribution in [0.25, 0.3) is 0 Å². The number of thioether (sulfide) groups is 1. The third-order valence-corrected chi connectivity index (χ3v) is 3.08. The van der Waals surface area contributed by atoms with Gasteiger partial charge in [0, 0.05) is 12.3 Å². The van der Waals surface area contributed by atoms with Crippen molar-refractivity contribution in [2.45, 2.75) is 6.42 Å². The average Bonchev–Trinajstić information content (AvgIpc) is 2.31. The van der Waals surface area contributed by atoms with Gasteiger partial charge in [-0.2, -0.15) is 5.26 Å². The molecule has 0 spiro atoms. The highest BCUT2D eigenvalue weighted by atomic mass is 32.2. The molecule has 1 aromatic rings. The molecule has 1 aliphatic rings. The lowest BCUT2D eigenvalue weighted by Gasteiger charge is -2.13. The Morgan fingerprint density at radius 2 is 2.27 bits per heavy atom. The lowest BCUT2D eigenvalue weighted by atomic mass is 10.2. The number of nitrogens with zero attached hydrogens (tertiary/aromatic N) is 2. The van der Waals surface area contributed by atoms with Gasteiger partial charge in [0.2, 0.25) is 0 Å². The zero-order valence-electron chi connectivity index (χ0n) is 8.23. The second kappa shape index (κ2) is 4.85. The smallest absolute Gasteiger partial charge is 0.161 e. The molecule has 76 valence electrons. The van der Waals surface area contributed by atoms with Crippen molar-refractivity contribution in [2.75, 3.05) is 17.6 Å². The summed E-state index contributed by atoms with van der Waals surface area (Å²) in [5, 5.41) is 13.0. The molecule has 1 aliphatic heterocycles. The van der Waals surface area contributed by atoms with Gasteiger partial charge in [0.25, 0.3) is 0 Å². The quantitative estimate of drug-likeness (QED) is 0.786. The molecular weight excluding hydrogens is 206 g/mol. The molecule has 15 heavy (non-hydrogen) atoms. The van der Waals surface area contributed by atoms with Gasteiger partial charge >= 0.3 is 0 Å². The molecule has 0 aliphatic carbocycles. The maximum Gasteiger partial charge on any atom is 0.161 e. The number of amidine groups is 1. The van der Waals surface area contributed by atoms with Crippen LogP contribution in [0.1, 0.15) is 12.0 Å². The highest BCUT2D eigenvalue weighted by molar-refractivity contribution is 8.14. The Balaban J connectivity index is 2.17. The highest BCUT2D eigenvalue weighted by Gasteiger charge is 2.07. The second-order valence-electron chi connectivity index (χ2n) is 3.17. The topological polar surface area (TPSA) is 48.2 Å². The summed E-state index contributed by atoms with van der Waals surface area (Å²) in [6.07, 6.45) is 1.13. The molecule has 0 saturated heterocycles. The number of nitriles is 1. The average molecular weight is 217 g/mol. The van der Waals surface area contributed by atoms with Gasteiger partial charge in [-0.3, -0.25) is 4.99 Å². The molecule has 0 unspecified atom stereocenters. The number of hydrogen-bond acceptors (Lipinski definition) is 4. The fourth-order valence-corrected chi connectivity index (χ4v) is 2.17. The van der Waals surface area contributed by atoms with Crippen LogP contribution in [-0.4, -0.2) is 17.5 Å². The number of rotatable bonds is 1. The van der Waals surface area contributed by atoms with Crippen LogP contribution in [0.3, 0.4) is 0 Å². The fraction of sp³-hybridized carbons (Fsp3) is 0.273. The van der Waals surface area contributed by atoms with Gasteiger partial charge in [-0.15, -0.1) is 0 Å². The number of aliphatic imine (C=N–C) groups is 1. The van der Waals surface area contributed by atoms with E-state index in [1.165, 1.54) is 0 Å². The molecule has 1 aromatic carbocycles. The number of anilines is 1. The Morgan fingerprint density at radius 3 is 3.00 bits per heavy atom. The molecule has 0 saturated carbocycles. The molecule has 0 atom stereocenters. The van der Waals surface area contributed by atoms with Gasteiger partial charge in [0.1, 0.15) is 6.07 Å². The number of para-hydroxylation sites is 1. The molecule has 4 heteroatoms. The van der Waals surface area contributed by atoms with Crippen molar-refractivity contribution in [1.82, 2.24) is 0 Å². The Bertz CT molecular complexity index is 420. The first kappa shape index (κ1) is 10.1. The van der Waals surface area contributed by atoms with Crippen LogP contribution in [0.15, 0.2) is 29.3 Å². The summed E-state index contributed by atoms with van der Waals surface area (Å²) in [7, 11) is 0. The Hall–Kier alpha value is -1.47. The standard InChI is InChI=1S/C11H11N3S/c12-8-9-4-1-2-5-10(9)14-11-13-6-3-7-15-11/h1-2,4-5H,3,6-7H2,(H,13,14). The summed E-state index contributed by atoms with van der Waals surface area (Å²) in [6.45, 7) is 0.879. The summed E-state index contributed by atoms with van der Waals surface area (Å²) >= 11 is 1.71. The van der Waals surface area contributed by atoms with Gasteiger partial charge < -0.3 is 5.32 Å². The molecule has 2 rings (SSSR count). The highest BCUT2D eigenvalue weighted by Crippen LogP contribution is 2.18. The first-order valence-corrected chi connectivity index (χ1v) is 5.82. The van der Waals surface area contributed by atoms with Crippen LogP contribution < -0.4 is 5.32 Å². The molecule has 3 nitrogen and oxygen atoms in total. The number of hydrogen-bond donors (Lipinski definition) is 1. The van der Waals surface area contributed by atoms with Gasteiger partial charge in [-0.1, -0.05) is 23.9 Å². The van der Waals surface area contributed by atoms with Crippen molar-refractivity contribution in [3.63, 3.8) is 0 Å². The minimum absolute atomic E-state index is 0.659. The fourth-order valence-electron chi connectivity index (χ4n) is 1.34. The molecule has 0 radical (unpaired) electrons. The first-order chi connectivity index (χ1) is 7.40. The van der Waals surface area contributed by atoms with Crippen LogP contribution in [0.5, 0.6) is 0 Å². The van der Waals surface area contributed by atoms with E-state index in [4.69, 9.17) is 5.26 Å². The minimum atomic E-state index is 0.659. The normalized spacial score (nSPS) is 15.3. The molecule has 1 N–H and O–H groups in total. The van der Waals surface area contributed by atoms with Crippen LogP contribution >= 0.6 is 11.8 Å². The van der Waals surface area contributed by atoms with Crippen molar-refractivity contribution < 1.29 is 0 Å². The van der Waals surface area contributed by atoms with Crippen LogP contribution in [0.2, 0.25) is 0 Å². The van der Waals surface area contributed by atoms with Crippen molar-refractivity contribution in [1.29, 1.82) is 5.26 Å². The number of nitrogens with one attached hydrogen (secondary N) is 1. The molecule has 1 heterocycles. The van der Waals surface area contributed by atoms with Crippen molar-refractivity contribution in [2.24, 2.45) is 4.99 Å². The Kier molecular flexibility index (Phi) is 3.25. The predicted octanol–water partition coefficient (Wildman–Crippen LogP) is 2.46. The van der Waals surface area contributed by atoms with Crippen LogP contribution in [0, 0.1) is 11.3 Å². The zero-order chi connectivity index (χ0) is 10.5. The van der Waals surface area contributed by atoms with Gasteiger partial charge in [0.15, 0.2) is 5.17 Å². The van der Waals surface area contributed by atoms with Crippen molar-refractivity contribution in [3.8, 4) is 6.07 Å². The van der Waals surface area contributed by atoms with E-state index in [-0.39, 0.29) is 0 Å². The SMILES string of the molecule is N#Cc1ccccc1NC1=NCCCS1. The molecular formula is C11H11N3S. The van der Waals surface area contributed by atoms with E-state index in [2.05, 4.69) is 16.4 Å². The van der Waals surface area contributed by atoms with E-state index in [1.54, 1.807) is 17.8 Å². The van der Waals surface area contributed by atoms with E-state index in [0.717, 1.165) is 29.6 Å². The summed E-state index contributed by atoms with van der Waals surface area (Å²) in [4.78, 5) is 4.36. The molecule has 0 aromatic heterocycles. The Labute approximate surface area is 93.2 Å². The van der Waals surface area contributed by atoms with Crippen LogP contribution in [0.4, 0.5) is 5.69 Å². The summed E-state index contributed by atoms with van der Waals surface area (Å²) in [5.74, 6) is 1.10. The summed E-state index contributed by atoms with van der Waals surface area (Å²) in [5.41, 5.74) is 1.50. The van der Waals surface area contributed by atoms with Crippen molar-refractivity contribution >= 4 is 22.6 Å². The third-order valence-electron chi connectivity index (χ3n) is 2.09. The molecule has 0 amide bonds. The largest absolute Gasteiger partial charge is 0.334 e. The van der Waals surface area contributed by atoms with E-state index < -0.39 is 0 Å². The van der Waals surface area contributed by atoms with Crippen LogP contribution in [-0.2, 0) is 0 Å². The third kappa shape index (κ3) is 2.51. The molecule has 0 fully saturated rings. The second-order valence-corrected chi connectivity index (χ2v) is 4.25. The molecule has 0 bridgehead atoms. The van der Waals surface area contributed by atoms with E-state index in [9.17, 15) is 0 Å². The minimum Gasteiger partial charge on any atom is -0.334 e. The monoisotopic (exact) mass is 217 g/mol. The maximum absolute atomic E-state index is 8.91. The van der Waals surface area contributed by atoms with Gasteiger partial charge in [-0.25, -0.2) is 0 Å². The van der Waals surface area contributed by atoms with Gasteiger partial charge in [-0.05, 0) is 18.6 Å². The lowest BCUT2D eigenvalue weighted by molar-refractivity contribution is 0.938. The van der Waals surface area contributed by atoms with Gasteiger partial charge in [0.05, 0.1) is 11.3 Å². The summed E-state index contributed by atoms with van der Waals surface area (Å²) < 4.78 is 0. The van der Waals surface area contributed by atoms with E-state index in [1.807, 2.05) is 18.2 Å². The van der Waals surface area contributed by atoms with Crippen molar-refractivity contribution in [3.05, 3.63) is 29.8 Å². The predicted molar refractivity (Wildman–Crippen MR) is 64.2 cm³/mol. The Morgan fingerprint density at radius 1 is 1.40 bits per heavy atom. The lowest BCUT2D eigenvalue weighted by Crippen LogP contribution is -2.14. The van der Waals surface area contributed by atoms with E-state index in [0.29, 0.717) is 5.56 Å². The maximum atomic E-state index is 8.91.